The van der Waals surface area contributed by atoms with Crippen molar-refractivity contribution in [3.05, 3.63) is 48.0 Å². The van der Waals surface area contributed by atoms with Crippen LogP contribution < -0.4 is 15.5 Å². The predicted octanol–water partition coefficient (Wildman–Crippen LogP) is 1.18. The molecule has 31 heavy (non-hydrogen) atoms. The van der Waals surface area contributed by atoms with E-state index in [2.05, 4.69) is 17.6 Å². The highest BCUT2D eigenvalue weighted by atomic mass is 16.2. The van der Waals surface area contributed by atoms with Gasteiger partial charge in [0.2, 0.25) is 5.91 Å². The summed E-state index contributed by atoms with van der Waals surface area (Å²) in [6.45, 7) is 6.88. The van der Waals surface area contributed by atoms with Gasteiger partial charge in [0.15, 0.2) is 0 Å². The molecule has 2 aromatic rings. The molecule has 0 bridgehead atoms. The number of quaternary nitrogens is 1. The van der Waals surface area contributed by atoms with Gasteiger partial charge in [-0.15, -0.1) is 0 Å². The van der Waals surface area contributed by atoms with Gasteiger partial charge in [-0.1, -0.05) is 43.3 Å². The van der Waals surface area contributed by atoms with Crippen LogP contribution in [-0.2, 0) is 15.1 Å². The van der Waals surface area contributed by atoms with Crippen LogP contribution in [0.5, 0.6) is 0 Å². The van der Waals surface area contributed by atoms with Crippen molar-refractivity contribution in [2.75, 3.05) is 26.2 Å². The first-order valence-electron chi connectivity index (χ1n) is 11.2. The van der Waals surface area contributed by atoms with E-state index in [1.807, 2.05) is 42.5 Å². The molecule has 2 aliphatic rings. The van der Waals surface area contributed by atoms with E-state index in [-0.39, 0.29) is 18.5 Å². The van der Waals surface area contributed by atoms with Gasteiger partial charge >= 0.3 is 6.03 Å². The first kappa shape index (κ1) is 21.3. The first-order valence-corrected chi connectivity index (χ1v) is 11.2. The Morgan fingerprint density at radius 1 is 1.16 bits per heavy atom. The van der Waals surface area contributed by atoms with E-state index in [4.69, 9.17) is 0 Å². The number of carbonyl (C=O) groups is 3. The molecule has 1 atom stereocenters. The van der Waals surface area contributed by atoms with Crippen molar-refractivity contribution in [1.29, 1.82) is 0 Å². The van der Waals surface area contributed by atoms with Gasteiger partial charge in [0.25, 0.3) is 5.91 Å². The normalized spacial score (nSPS) is 26.2. The summed E-state index contributed by atoms with van der Waals surface area (Å²) in [6, 6.07) is 13.2. The molecular weight excluding hydrogens is 392 g/mol. The number of nitrogens with zero attached hydrogens (tertiary/aromatic N) is 1. The second kappa shape index (κ2) is 8.67. The summed E-state index contributed by atoms with van der Waals surface area (Å²) in [6.07, 6.45) is 3.01. The van der Waals surface area contributed by atoms with Crippen molar-refractivity contribution in [2.24, 2.45) is 0 Å². The van der Waals surface area contributed by atoms with Gasteiger partial charge in [-0.05, 0) is 35.7 Å². The van der Waals surface area contributed by atoms with Crippen LogP contribution >= 0.6 is 0 Å². The molecule has 0 unspecified atom stereocenters. The Labute approximate surface area is 182 Å². The standard InChI is InChI=1S/C24H30N4O3/c1-3-12-27-13-10-20(11-14-27)25-21(29)16-28-22(30)24(2,26-23(28)31)19-9-8-17-6-4-5-7-18(17)15-19/h4-9,15,20H,3,10-14,16H2,1-2H3,(H,25,29)(H,26,31)/p+1/t24-/m1/s1. The van der Waals surface area contributed by atoms with Crippen LogP contribution in [-0.4, -0.2) is 55.0 Å². The topological polar surface area (TPSA) is 82.9 Å². The van der Waals surface area contributed by atoms with E-state index in [1.54, 1.807) is 11.8 Å². The van der Waals surface area contributed by atoms with Crippen LogP contribution in [0.4, 0.5) is 4.79 Å². The second-order valence-electron chi connectivity index (χ2n) is 8.85. The number of benzene rings is 2. The molecule has 0 aromatic heterocycles. The smallest absolute Gasteiger partial charge is 0.325 e. The molecule has 0 saturated carbocycles. The minimum Gasteiger partial charge on any atom is -0.351 e. The molecule has 7 nitrogen and oxygen atoms in total. The summed E-state index contributed by atoms with van der Waals surface area (Å²) in [7, 11) is 0. The Morgan fingerprint density at radius 3 is 2.58 bits per heavy atom. The van der Waals surface area contributed by atoms with Crippen LogP contribution in [0.25, 0.3) is 10.8 Å². The fourth-order valence-electron chi connectivity index (χ4n) is 4.73. The average molecular weight is 424 g/mol. The van der Waals surface area contributed by atoms with Crippen LogP contribution in [0.3, 0.4) is 0 Å². The molecule has 0 spiro atoms. The molecule has 2 aliphatic heterocycles. The zero-order valence-electron chi connectivity index (χ0n) is 18.2. The summed E-state index contributed by atoms with van der Waals surface area (Å²) in [5.41, 5.74) is -0.477. The Morgan fingerprint density at radius 2 is 1.87 bits per heavy atom. The van der Waals surface area contributed by atoms with Gasteiger partial charge in [0.1, 0.15) is 12.1 Å². The van der Waals surface area contributed by atoms with Crippen LogP contribution in [0.2, 0.25) is 0 Å². The van der Waals surface area contributed by atoms with Crippen LogP contribution in [0.1, 0.15) is 38.7 Å². The van der Waals surface area contributed by atoms with Gasteiger partial charge < -0.3 is 15.5 Å². The number of likely N-dealkylation sites (tertiary alicyclic amines) is 1. The molecular formula is C24H31N4O3+. The van der Waals surface area contributed by atoms with E-state index in [9.17, 15) is 14.4 Å². The summed E-state index contributed by atoms with van der Waals surface area (Å²) in [4.78, 5) is 41.0. The van der Waals surface area contributed by atoms with Crippen molar-refractivity contribution < 1.29 is 19.3 Å². The Hall–Kier alpha value is -2.93. The number of hydrogen-bond donors (Lipinski definition) is 3. The van der Waals surface area contributed by atoms with Crippen molar-refractivity contribution in [3.63, 3.8) is 0 Å². The van der Waals surface area contributed by atoms with Crippen LogP contribution in [0, 0.1) is 0 Å². The van der Waals surface area contributed by atoms with Crippen molar-refractivity contribution in [1.82, 2.24) is 15.5 Å². The lowest BCUT2D eigenvalue weighted by atomic mass is 9.90. The molecule has 2 saturated heterocycles. The Bertz CT molecular complexity index is 999. The largest absolute Gasteiger partial charge is 0.351 e. The highest BCUT2D eigenvalue weighted by Crippen LogP contribution is 2.30. The fourth-order valence-corrected chi connectivity index (χ4v) is 4.73. The number of hydrogen-bond acceptors (Lipinski definition) is 3. The number of imide groups is 1. The van der Waals surface area contributed by atoms with Crippen molar-refractivity contribution in [2.45, 2.75) is 44.7 Å². The zero-order chi connectivity index (χ0) is 22.0. The molecule has 2 aromatic carbocycles. The van der Waals surface area contributed by atoms with E-state index >= 15 is 0 Å². The molecule has 2 fully saturated rings. The lowest BCUT2D eigenvalue weighted by Gasteiger charge is -2.29. The maximum absolute atomic E-state index is 13.2. The molecule has 4 amide bonds. The quantitative estimate of drug-likeness (QED) is 0.610. The minimum absolute atomic E-state index is 0.112. The molecule has 164 valence electrons. The summed E-state index contributed by atoms with van der Waals surface area (Å²) in [5.74, 6) is -0.680. The number of carbonyl (C=O) groups excluding carboxylic acids is 3. The van der Waals surface area contributed by atoms with Crippen molar-refractivity contribution in [3.8, 4) is 0 Å². The summed E-state index contributed by atoms with van der Waals surface area (Å²) in [5, 5.41) is 7.87. The molecule has 2 heterocycles. The number of nitrogens with one attached hydrogen (secondary N) is 3. The van der Waals surface area contributed by atoms with Gasteiger partial charge in [0, 0.05) is 18.9 Å². The highest BCUT2D eigenvalue weighted by molar-refractivity contribution is 6.09. The minimum atomic E-state index is -1.18. The van der Waals surface area contributed by atoms with E-state index < -0.39 is 17.5 Å². The number of piperidine rings is 1. The Balaban J connectivity index is 1.41. The zero-order valence-corrected chi connectivity index (χ0v) is 18.2. The lowest BCUT2D eigenvalue weighted by molar-refractivity contribution is -0.905. The second-order valence-corrected chi connectivity index (χ2v) is 8.85. The van der Waals surface area contributed by atoms with E-state index in [0.717, 1.165) is 54.6 Å². The van der Waals surface area contributed by atoms with Gasteiger partial charge in [0.05, 0.1) is 19.6 Å². The Kier molecular flexibility index (Phi) is 5.96. The number of fused-ring (bicyclic) bond motifs is 1. The number of urea groups is 1. The van der Waals surface area contributed by atoms with Gasteiger partial charge in [-0.25, -0.2) is 4.79 Å². The number of rotatable bonds is 6. The lowest BCUT2D eigenvalue weighted by Crippen LogP contribution is -3.13. The SMILES string of the molecule is CCC[NH+]1CCC(NC(=O)CN2C(=O)N[C@](C)(c3ccc4ccccc4c3)C2=O)CC1. The first-order chi connectivity index (χ1) is 14.9. The average Bonchev–Trinajstić information content (AvgIpc) is 2.99. The number of amides is 4. The summed E-state index contributed by atoms with van der Waals surface area (Å²) >= 11 is 0. The molecule has 0 aliphatic carbocycles. The third kappa shape index (κ3) is 4.28. The third-order valence-corrected chi connectivity index (χ3v) is 6.56. The van der Waals surface area contributed by atoms with Crippen LogP contribution in [0.15, 0.2) is 42.5 Å². The maximum Gasteiger partial charge on any atom is 0.325 e. The van der Waals surface area contributed by atoms with E-state index in [1.165, 1.54) is 0 Å². The maximum atomic E-state index is 13.2. The fraction of sp³-hybridized carbons (Fsp3) is 0.458. The predicted molar refractivity (Wildman–Crippen MR) is 119 cm³/mol. The van der Waals surface area contributed by atoms with Crippen molar-refractivity contribution >= 4 is 28.6 Å². The monoisotopic (exact) mass is 423 g/mol. The molecule has 3 N–H and O–H groups in total. The summed E-state index contributed by atoms with van der Waals surface area (Å²) < 4.78 is 0. The molecule has 4 rings (SSSR count). The van der Waals surface area contributed by atoms with Gasteiger partial charge in [-0.2, -0.15) is 0 Å². The molecule has 7 heteroatoms. The highest BCUT2D eigenvalue weighted by Gasteiger charge is 2.49. The molecule has 0 radical (unpaired) electrons. The van der Waals surface area contributed by atoms with Gasteiger partial charge in [-0.3, -0.25) is 14.5 Å². The third-order valence-electron chi connectivity index (χ3n) is 6.56. The van der Waals surface area contributed by atoms with E-state index in [0.29, 0.717) is 5.56 Å².